The zero-order valence-corrected chi connectivity index (χ0v) is 16.6. The van der Waals surface area contributed by atoms with Crippen molar-refractivity contribution in [2.24, 2.45) is 0 Å². The number of pyridine rings is 1. The van der Waals surface area contributed by atoms with Crippen molar-refractivity contribution in [3.05, 3.63) is 64.3 Å². The third kappa shape index (κ3) is 3.86. The van der Waals surface area contributed by atoms with Crippen LogP contribution in [0, 0.1) is 12.7 Å². The van der Waals surface area contributed by atoms with Crippen molar-refractivity contribution >= 4 is 24.0 Å². The summed E-state index contributed by atoms with van der Waals surface area (Å²) in [5.41, 5.74) is 5.79. The Labute approximate surface area is 168 Å². The summed E-state index contributed by atoms with van der Waals surface area (Å²) >= 11 is 6.00. The van der Waals surface area contributed by atoms with Gasteiger partial charge in [0.1, 0.15) is 5.82 Å². The minimum atomic E-state index is -0.437. The van der Waals surface area contributed by atoms with Crippen LogP contribution in [0.5, 0.6) is 0 Å². The van der Waals surface area contributed by atoms with Gasteiger partial charge in [-0.2, -0.15) is 5.10 Å². The number of nitrogens with zero attached hydrogens (tertiary/aromatic N) is 3. The summed E-state index contributed by atoms with van der Waals surface area (Å²) in [7, 11) is 0. The minimum absolute atomic E-state index is 0. The number of rotatable bonds is 2. The Kier molecular flexibility index (Phi) is 5.84. The molecule has 2 aromatic heterocycles. The van der Waals surface area contributed by atoms with E-state index < -0.39 is 5.82 Å². The van der Waals surface area contributed by atoms with Crippen LogP contribution < -0.4 is 0 Å². The molecule has 27 heavy (non-hydrogen) atoms. The molecular weight excluding hydrogens is 388 g/mol. The summed E-state index contributed by atoms with van der Waals surface area (Å²) in [6.07, 6.45) is 3.44. The number of ether oxygens (including phenoxy) is 1. The number of benzene rings is 1. The van der Waals surface area contributed by atoms with Gasteiger partial charge in [-0.05, 0) is 50.6 Å². The number of aromatic nitrogens is 3. The van der Waals surface area contributed by atoms with Gasteiger partial charge in [-0.3, -0.25) is 4.98 Å². The lowest BCUT2D eigenvalue weighted by molar-refractivity contribution is 0.0735. The van der Waals surface area contributed by atoms with Gasteiger partial charge in [0, 0.05) is 29.4 Å². The summed E-state index contributed by atoms with van der Waals surface area (Å²) in [5.74, 6) is -0.437. The van der Waals surface area contributed by atoms with E-state index in [-0.39, 0.29) is 23.5 Å². The molecular formula is C20H20Cl2FN3O. The lowest BCUT2D eigenvalue weighted by Gasteiger charge is -2.11. The van der Waals surface area contributed by atoms with Crippen molar-refractivity contribution in [3.63, 3.8) is 0 Å². The number of hydrogen-bond donors (Lipinski definition) is 0. The summed E-state index contributed by atoms with van der Waals surface area (Å²) in [5, 5.41) is 4.94. The van der Waals surface area contributed by atoms with Crippen LogP contribution in [0.15, 0.2) is 36.5 Å². The Morgan fingerprint density at radius 2 is 2.07 bits per heavy atom. The average molecular weight is 408 g/mol. The van der Waals surface area contributed by atoms with E-state index in [1.165, 1.54) is 6.07 Å². The molecule has 4 nitrogen and oxygen atoms in total. The Hall–Kier alpha value is -1.95. The van der Waals surface area contributed by atoms with Crippen LogP contribution in [0.4, 0.5) is 4.39 Å². The van der Waals surface area contributed by atoms with Crippen LogP contribution in [-0.4, -0.2) is 27.5 Å². The first-order valence-corrected chi connectivity index (χ1v) is 9.01. The molecule has 142 valence electrons. The number of hydrogen-bond acceptors (Lipinski definition) is 3. The maximum Gasteiger partial charge on any atom is 0.141 e. The number of halogens is 3. The number of aryl methyl sites for hydroxylation is 1. The molecule has 3 aromatic rings. The molecule has 3 heterocycles. The average Bonchev–Trinajstić information content (AvgIpc) is 2.85. The zero-order valence-electron chi connectivity index (χ0n) is 15.1. The molecule has 0 bridgehead atoms. The van der Waals surface area contributed by atoms with E-state index in [0.717, 1.165) is 46.7 Å². The second-order valence-electron chi connectivity index (χ2n) is 6.61. The quantitative estimate of drug-likeness (QED) is 0.602. The molecule has 0 saturated carbocycles. The van der Waals surface area contributed by atoms with Crippen LogP contribution in [-0.2, 0) is 17.6 Å². The van der Waals surface area contributed by atoms with Crippen molar-refractivity contribution in [2.75, 3.05) is 6.61 Å². The lowest BCUT2D eigenvalue weighted by Crippen LogP contribution is -2.13. The summed E-state index contributed by atoms with van der Waals surface area (Å²) in [6.45, 7) is 4.66. The van der Waals surface area contributed by atoms with Gasteiger partial charge in [-0.1, -0.05) is 11.6 Å². The molecule has 0 unspecified atom stereocenters. The highest BCUT2D eigenvalue weighted by Gasteiger charge is 2.24. The highest BCUT2D eigenvalue weighted by molar-refractivity contribution is 6.30. The van der Waals surface area contributed by atoms with Crippen molar-refractivity contribution in [2.45, 2.75) is 32.8 Å². The molecule has 0 N–H and O–H groups in total. The Bertz CT molecular complexity index is 957. The van der Waals surface area contributed by atoms with E-state index in [4.69, 9.17) is 21.4 Å². The zero-order chi connectivity index (χ0) is 18.3. The van der Waals surface area contributed by atoms with Gasteiger partial charge in [-0.15, -0.1) is 12.4 Å². The normalized spacial score (nSPS) is 16.4. The third-order valence-electron chi connectivity index (χ3n) is 4.66. The van der Waals surface area contributed by atoms with Crippen LogP contribution in [0.3, 0.4) is 0 Å². The van der Waals surface area contributed by atoms with Gasteiger partial charge in [-0.25, -0.2) is 9.07 Å². The Balaban J connectivity index is 0.00000210. The highest BCUT2D eigenvalue weighted by Crippen LogP contribution is 2.31. The van der Waals surface area contributed by atoms with Gasteiger partial charge in [0.25, 0.3) is 0 Å². The molecule has 1 aliphatic heterocycles. The largest absolute Gasteiger partial charge is 0.378 e. The maximum atomic E-state index is 13.6. The van der Waals surface area contributed by atoms with Crippen molar-refractivity contribution < 1.29 is 9.13 Å². The van der Waals surface area contributed by atoms with Crippen LogP contribution in [0.2, 0.25) is 5.02 Å². The fraction of sp³-hybridized carbons (Fsp3) is 0.300. The molecule has 0 saturated heterocycles. The van der Waals surface area contributed by atoms with Gasteiger partial charge >= 0.3 is 0 Å². The fourth-order valence-corrected chi connectivity index (χ4v) is 3.50. The SMILES string of the molecule is Cc1ccc(-c2nn(-c3ccc(F)c(Cl)c3)c3c2CCO[C@H](C)C3)cn1.Cl. The van der Waals surface area contributed by atoms with E-state index in [1.807, 2.05) is 29.9 Å². The first kappa shape index (κ1) is 19.8. The first-order valence-electron chi connectivity index (χ1n) is 8.64. The van der Waals surface area contributed by atoms with E-state index in [9.17, 15) is 4.39 Å². The third-order valence-corrected chi connectivity index (χ3v) is 4.95. The van der Waals surface area contributed by atoms with Crippen molar-refractivity contribution in [1.29, 1.82) is 0 Å². The van der Waals surface area contributed by atoms with E-state index >= 15 is 0 Å². The summed E-state index contributed by atoms with van der Waals surface area (Å²) in [6, 6.07) is 8.68. The topological polar surface area (TPSA) is 39.9 Å². The molecule has 4 rings (SSSR count). The highest BCUT2D eigenvalue weighted by atomic mass is 35.5. The fourth-order valence-electron chi connectivity index (χ4n) is 3.32. The Morgan fingerprint density at radius 1 is 1.26 bits per heavy atom. The standard InChI is InChI=1S/C20H19ClFN3O.ClH/c1-12-3-4-14(11-23-12)20-16-7-8-26-13(2)9-19(16)25(24-20)15-5-6-18(22)17(21)10-15;/h3-6,10-11,13H,7-9H2,1-2H3;1H/t13-;/m1./s1. The Morgan fingerprint density at radius 3 is 2.78 bits per heavy atom. The van der Waals surface area contributed by atoms with Crippen LogP contribution >= 0.6 is 24.0 Å². The van der Waals surface area contributed by atoms with Crippen molar-refractivity contribution in [1.82, 2.24) is 14.8 Å². The molecule has 0 aliphatic carbocycles. The van der Waals surface area contributed by atoms with Gasteiger partial charge < -0.3 is 4.74 Å². The smallest absolute Gasteiger partial charge is 0.141 e. The lowest BCUT2D eigenvalue weighted by atomic mass is 10.0. The second-order valence-corrected chi connectivity index (χ2v) is 7.02. The second kappa shape index (κ2) is 7.97. The van der Waals surface area contributed by atoms with Gasteiger partial charge in [0.05, 0.1) is 34.8 Å². The molecule has 0 amide bonds. The van der Waals surface area contributed by atoms with Crippen molar-refractivity contribution in [3.8, 4) is 16.9 Å². The molecule has 1 atom stereocenters. The van der Waals surface area contributed by atoms with Gasteiger partial charge in [0.2, 0.25) is 0 Å². The molecule has 7 heteroatoms. The van der Waals surface area contributed by atoms with E-state index in [2.05, 4.69) is 11.9 Å². The monoisotopic (exact) mass is 407 g/mol. The van der Waals surface area contributed by atoms with Crippen LogP contribution in [0.25, 0.3) is 16.9 Å². The van der Waals surface area contributed by atoms with Gasteiger partial charge in [0.15, 0.2) is 0 Å². The molecule has 0 radical (unpaired) electrons. The van der Waals surface area contributed by atoms with E-state index in [0.29, 0.717) is 6.61 Å². The summed E-state index contributed by atoms with van der Waals surface area (Å²) in [4.78, 5) is 4.40. The molecule has 0 spiro atoms. The number of fused-ring (bicyclic) bond motifs is 1. The predicted molar refractivity (Wildman–Crippen MR) is 107 cm³/mol. The van der Waals surface area contributed by atoms with Crippen LogP contribution in [0.1, 0.15) is 23.9 Å². The molecule has 0 fully saturated rings. The first-order chi connectivity index (χ1) is 12.5. The minimum Gasteiger partial charge on any atom is -0.378 e. The molecule has 1 aliphatic rings. The predicted octanol–water partition coefficient (Wildman–Crippen LogP) is 4.96. The molecule has 1 aromatic carbocycles. The summed E-state index contributed by atoms with van der Waals surface area (Å²) < 4.78 is 21.3. The van der Waals surface area contributed by atoms with E-state index in [1.54, 1.807) is 12.1 Å². The maximum absolute atomic E-state index is 13.6.